The molecule has 4 atom stereocenters. The number of ether oxygens (including phenoxy) is 2. The quantitative estimate of drug-likeness (QED) is 0.609. The molecule has 3 heterocycles. The van der Waals surface area contributed by atoms with E-state index in [4.69, 9.17) is 9.47 Å². The van der Waals surface area contributed by atoms with Gasteiger partial charge in [-0.3, -0.25) is 9.59 Å². The van der Waals surface area contributed by atoms with Gasteiger partial charge in [0.15, 0.2) is 0 Å². The van der Waals surface area contributed by atoms with E-state index < -0.39 is 5.54 Å². The molecule has 0 aromatic heterocycles. The van der Waals surface area contributed by atoms with Gasteiger partial charge in [-0.15, -0.1) is 0 Å². The van der Waals surface area contributed by atoms with Crippen molar-refractivity contribution >= 4 is 17.5 Å². The zero-order valence-electron chi connectivity index (χ0n) is 19.4. The first kappa shape index (κ1) is 20.8. The number of carbonyl (C=O) groups is 2. The van der Waals surface area contributed by atoms with Gasteiger partial charge in [-0.05, 0) is 49.7 Å². The molecule has 3 aromatic carbocycles. The zero-order valence-corrected chi connectivity index (χ0v) is 19.4. The second-order valence-corrected chi connectivity index (χ2v) is 9.54. The molecule has 3 aliphatic heterocycles. The van der Waals surface area contributed by atoms with Crippen molar-refractivity contribution in [2.45, 2.75) is 31.3 Å². The number of aryl methyl sites for hydroxylation is 1. The van der Waals surface area contributed by atoms with E-state index in [1.807, 2.05) is 85.5 Å². The number of anilines is 1. The topological polar surface area (TPSA) is 67.9 Å². The number of nitrogens with one attached hydrogen (secondary N) is 1. The van der Waals surface area contributed by atoms with Crippen LogP contribution in [-0.4, -0.2) is 36.0 Å². The lowest BCUT2D eigenvalue weighted by Crippen LogP contribution is -2.54. The van der Waals surface area contributed by atoms with Crippen molar-refractivity contribution in [3.63, 3.8) is 0 Å². The van der Waals surface area contributed by atoms with Gasteiger partial charge in [0.2, 0.25) is 0 Å². The van der Waals surface area contributed by atoms with E-state index in [1.54, 1.807) is 7.11 Å². The fourth-order valence-corrected chi connectivity index (χ4v) is 6.13. The highest BCUT2D eigenvalue weighted by atomic mass is 16.5. The largest absolute Gasteiger partial charge is 0.497 e. The fourth-order valence-electron chi connectivity index (χ4n) is 6.13. The van der Waals surface area contributed by atoms with Crippen LogP contribution in [-0.2, 0) is 4.79 Å². The summed E-state index contributed by atoms with van der Waals surface area (Å²) in [5.41, 5.74) is 2.81. The number of methoxy groups -OCH3 is 1. The van der Waals surface area contributed by atoms with Gasteiger partial charge in [0.25, 0.3) is 11.8 Å². The van der Waals surface area contributed by atoms with Crippen LogP contribution >= 0.6 is 0 Å². The second-order valence-electron chi connectivity index (χ2n) is 9.54. The van der Waals surface area contributed by atoms with Crippen molar-refractivity contribution in [1.82, 2.24) is 4.90 Å². The third-order valence-electron chi connectivity index (χ3n) is 7.68. The Hall–Kier alpha value is -3.80. The number of carbonyl (C=O) groups excluding carboxylic acids is 2. The number of hydrogen-bond acceptors (Lipinski definition) is 4. The summed E-state index contributed by atoms with van der Waals surface area (Å²) in [5, 5.41) is 3.08. The Morgan fingerprint density at radius 3 is 2.62 bits per heavy atom. The summed E-state index contributed by atoms with van der Waals surface area (Å²) in [6.45, 7) is 4.26. The number of fused-ring (bicyclic) bond motifs is 6. The average Bonchev–Trinajstić information content (AvgIpc) is 3.10. The Kier molecular flexibility index (Phi) is 4.49. The van der Waals surface area contributed by atoms with Crippen molar-refractivity contribution in [2.75, 3.05) is 19.0 Å². The molecule has 34 heavy (non-hydrogen) atoms. The van der Waals surface area contributed by atoms with E-state index in [2.05, 4.69) is 5.32 Å². The molecule has 1 fully saturated rings. The summed E-state index contributed by atoms with van der Waals surface area (Å²) in [4.78, 5) is 30.1. The molecule has 0 spiro atoms. The van der Waals surface area contributed by atoms with Crippen LogP contribution in [0.2, 0.25) is 0 Å². The average molecular weight is 455 g/mol. The Bertz CT molecular complexity index is 1320. The molecule has 0 radical (unpaired) electrons. The molecule has 6 rings (SSSR count). The van der Waals surface area contributed by atoms with Gasteiger partial charge < -0.3 is 19.7 Å². The monoisotopic (exact) mass is 454 g/mol. The van der Waals surface area contributed by atoms with Gasteiger partial charge in [-0.1, -0.05) is 42.0 Å². The molecule has 6 heteroatoms. The Labute approximate surface area is 198 Å². The van der Waals surface area contributed by atoms with Crippen LogP contribution in [0.3, 0.4) is 0 Å². The predicted octanol–water partition coefficient (Wildman–Crippen LogP) is 4.70. The van der Waals surface area contributed by atoms with Crippen LogP contribution in [0.4, 0.5) is 5.69 Å². The van der Waals surface area contributed by atoms with Gasteiger partial charge in [0.1, 0.15) is 17.0 Å². The first-order valence-electron chi connectivity index (χ1n) is 11.5. The number of rotatable bonds is 2. The summed E-state index contributed by atoms with van der Waals surface area (Å²) in [6.07, 6.45) is 0. The van der Waals surface area contributed by atoms with Gasteiger partial charge >= 0.3 is 0 Å². The number of nitrogens with zero attached hydrogens (tertiary/aromatic N) is 1. The molecule has 0 saturated carbocycles. The van der Waals surface area contributed by atoms with Crippen LogP contribution < -0.4 is 14.8 Å². The normalized spacial score (nSPS) is 26.9. The molecular weight excluding hydrogens is 428 g/mol. The van der Waals surface area contributed by atoms with E-state index in [0.29, 0.717) is 23.6 Å². The third kappa shape index (κ3) is 2.74. The molecule has 6 nitrogen and oxygen atoms in total. The molecule has 0 aliphatic carbocycles. The third-order valence-corrected chi connectivity index (χ3v) is 7.68. The standard InChI is InChI=1S/C28H26N2O4/c1-16-9-11-22-19(13-16)26(31)30-25-20-14-18(33-3)10-12-23(20)34-15-21(25)24(17-7-5-4-6-8-17)28(30,2)27(32)29-22/h4-14,21,24-25H,15H2,1-3H3,(H,29,32)/t21-,24+,25+,28-/m1/s1. The van der Waals surface area contributed by atoms with E-state index in [9.17, 15) is 9.59 Å². The van der Waals surface area contributed by atoms with Crippen molar-refractivity contribution in [3.8, 4) is 11.5 Å². The van der Waals surface area contributed by atoms with Crippen LogP contribution in [0.15, 0.2) is 66.7 Å². The lowest BCUT2D eigenvalue weighted by molar-refractivity contribution is -0.125. The van der Waals surface area contributed by atoms with Gasteiger partial charge in [-0.25, -0.2) is 0 Å². The van der Waals surface area contributed by atoms with Crippen LogP contribution in [0.5, 0.6) is 11.5 Å². The fraction of sp³-hybridized carbons (Fsp3) is 0.286. The maximum atomic E-state index is 14.3. The minimum Gasteiger partial charge on any atom is -0.497 e. The Morgan fingerprint density at radius 1 is 1.06 bits per heavy atom. The number of hydrogen-bond donors (Lipinski definition) is 1. The number of amides is 2. The molecule has 1 N–H and O–H groups in total. The maximum Gasteiger partial charge on any atom is 0.257 e. The number of benzene rings is 3. The summed E-state index contributed by atoms with van der Waals surface area (Å²) in [7, 11) is 1.62. The van der Waals surface area contributed by atoms with Crippen LogP contribution in [0, 0.1) is 12.8 Å². The van der Waals surface area contributed by atoms with Crippen molar-refractivity contribution in [3.05, 3.63) is 89.0 Å². The zero-order chi connectivity index (χ0) is 23.6. The summed E-state index contributed by atoms with van der Waals surface area (Å²) in [5.74, 6) is 0.723. The maximum absolute atomic E-state index is 14.3. The molecule has 1 saturated heterocycles. The molecular formula is C28H26N2O4. The lowest BCUT2D eigenvalue weighted by Gasteiger charge is -2.38. The summed E-state index contributed by atoms with van der Waals surface area (Å²) < 4.78 is 11.7. The smallest absolute Gasteiger partial charge is 0.257 e. The lowest BCUT2D eigenvalue weighted by atomic mass is 9.73. The Balaban J connectivity index is 1.63. The minimum atomic E-state index is -1.12. The highest BCUT2D eigenvalue weighted by molar-refractivity contribution is 6.12. The van der Waals surface area contributed by atoms with E-state index in [-0.39, 0.29) is 29.7 Å². The Morgan fingerprint density at radius 2 is 1.85 bits per heavy atom. The first-order chi connectivity index (χ1) is 16.4. The molecule has 172 valence electrons. The van der Waals surface area contributed by atoms with E-state index in [0.717, 1.165) is 22.4 Å². The van der Waals surface area contributed by atoms with Gasteiger partial charge in [-0.2, -0.15) is 0 Å². The summed E-state index contributed by atoms with van der Waals surface area (Å²) in [6, 6.07) is 20.9. The second kappa shape index (κ2) is 7.35. The van der Waals surface area contributed by atoms with Gasteiger partial charge in [0, 0.05) is 17.4 Å². The minimum absolute atomic E-state index is 0.104. The van der Waals surface area contributed by atoms with Crippen molar-refractivity contribution in [1.29, 1.82) is 0 Å². The van der Waals surface area contributed by atoms with Crippen LogP contribution in [0.1, 0.15) is 45.9 Å². The van der Waals surface area contributed by atoms with Crippen LogP contribution in [0.25, 0.3) is 0 Å². The van der Waals surface area contributed by atoms with Crippen molar-refractivity contribution < 1.29 is 19.1 Å². The van der Waals surface area contributed by atoms with E-state index >= 15 is 0 Å². The summed E-state index contributed by atoms with van der Waals surface area (Å²) >= 11 is 0. The SMILES string of the molecule is COc1ccc2c(c1)[C@H]1[C@H](CO2)[C@H](c2ccccc2)[C@]2(C)C(=O)Nc3ccc(C)cc3C(=O)N12. The molecule has 0 unspecified atom stereocenters. The first-order valence-corrected chi connectivity index (χ1v) is 11.5. The molecule has 3 aromatic rings. The van der Waals surface area contributed by atoms with Gasteiger partial charge in [0.05, 0.1) is 31.0 Å². The predicted molar refractivity (Wildman–Crippen MR) is 128 cm³/mol. The van der Waals surface area contributed by atoms with E-state index in [1.165, 1.54) is 0 Å². The molecule has 0 bridgehead atoms. The highest BCUT2D eigenvalue weighted by Crippen LogP contribution is 2.60. The molecule has 3 aliphatic rings. The highest BCUT2D eigenvalue weighted by Gasteiger charge is 2.65. The van der Waals surface area contributed by atoms with Crippen molar-refractivity contribution in [2.24, 2.45) is 5.92 Å². The molecule has 2 amide bonds.